The number of hydrogen-bond donors (Lipinski definition) is 1. The molecule has 1 fully saturated rings. The van der Waals surface area contributed by atoms with E-state index in [2.05, 4.69) is 18.7 Å². The number of rotatable bonds is 5. The van der Waals surface area contributed by atoms with Crippen LogP contribution in [0.4, 0.5) is 0 Å². The van der Waals surface area contributed by atoms with Crippen LogP contribution in [-0.4, -0.2) is 36.2 Å². The molecule has 2 rings (SSSR count). The molecule has 1 aliphatic heterocycles. The average Bonchev–Trinajstić information content (AvgIpc) is 2.76. The summed E-state index contributed by atoms with van der Waals surface area (Å²) in [4.78, 5) is 13.1. The van der Waals surface area contributed by atoms with Crippen LogP contribution < -0.4 is 4.74 Å². The van der Waals surface area contributed by atoms with Crippen LogP contribution >= 0.6 is 0 Å². The quantitative estimate of drug-likeness (QED) is 0.847. The fourth-order valence-corrected chi connectivity index (χ4v) is 2.77. The fraction of sp³-hybridized carbons (Fsp3) is 0.471. The minimum Gasteiger partial charge on any atom is -0.497 e. The Morgan fingerprint density at radius 3 is 2.81 bits per heavy atom. The Labute approximate surface area is 126 Å². The van der Waals surface area contributed by atoms with E-state index in [0.29, 0.717) is 5.41 Å². The minimum atomic E-state index is -0.931. The van der Waals surface area contributed by atoms with E-state index in [-0.39, 0.29) is 0 Å². The van der Waals surface area contributed by atoms with Crippen molar-refractivity contribution in [3.05, 3.63) is 35.4 Å². The first-order chi connectivity index (χ1) is 9.89. The van der Waals surface area contributed by atoms with Crippen molar-refractivity contribution in [3.63, 3.8) is 0 Å². The normalized spacial score (nSPS) is 18.2. The van der Waals surface area contributed by atoms with Crippen LogP contribution in [0.25, 0.3) is 6.08 Å². The first-order valence-corrected chi connectivity index (χ1v) is 7.20. The maximum absolute atomic E-state index is 10.7. The fourth-order valence-electron chi connectivity index (χ4n) is 2.77. The van der Waals surface area contributed by atoms with E-state index < -0.39 is 5.97 Å². The highest BCUT2D eigenvalue weighted by Crippen LogP contribution is 2.31. The third-order valence-corrected chi connectivity index (χ3v) is 3.91. The van der Waals surface area contributed by atoms with Crippen molar-refractivity contribution in [1.29, 1.82) is 0 Å². The van der Waals surface area contributed by atoms with Crippen molar-refractivity contribution in [2.75, 3.05) is 20.2 Å². The van der Waals surface area contributed by atoms with Gasteiger partial charge < -0.3 is 9.84 Å². The molecule has 4 heteroatoms. The van der Waals surface area contributed by atoms with Crippen LogP contribution in [0, 0.1) is 5.41 Å². The Hall–Kier alpha value is -1.81. The number of carbonyl (C=O) groups is 1. The number of methoxy groups -OCH3 is 1. The third-order valence-electron chi connectivity index (χ3n) is 3.91. The van der Waals surface area contributed by atoms with E-state index in [1.54, 1.807) is 13.2 Å². The predicted molar refractivity (Wildman–Crippen MR) is 83.3 cm³/mol. The SMILES string of the molecule is COc1ccc(/C=C/C(=O)O)c(CN2CCC(C)(C)C2)c1. The van der Waals surface area contributed by atoms with Crippen LogP contribution in [0.15, 0.2) is 24.3 Å². The molecule has 4 nitrogen and oxygen atoms in total. The van der Waals surface area contributed by atoms with Gasteiger partial charge in [0.15, 0.2) is 0 Å². The maximum Gasteiger partial charge on any atom is 0.328 e. The summed E-state index contributed by atoms with van der Waals surface area (Å²) in [5, 5.41) is 8.80. The lowest BCUT2D eigenvalue weighted by molar-refractivity contribution is -0.131. The molecule has 21 heavy (non-hydrogen) atoms. The standard InChI is InChI=1S/C17H23NO3/c1-17(2)8-9-18(12-17)11-14-10-15(21-3)6-4-13(14)5-7-16(19)20/h4-7,10H,8-9,11-12H2,1-3H3,(H,19,20)/b7-5+. The van der Waals surface area contributed by atoms with Crippen molar-refractivity contribution in [3.8, 4) is 5.75 Å². The highest BCUT2D eigenvalue weighted by molar-refractivity contribution is 5.85. The van der Waals surface area contributed by atoms with Crippen LogP contribution in [0.1, 0.15) is 31.4 Å². The summed E-state index contributed by atoms with van der Waals surface area (Å²) in [6.45, 7) is 7.52. The molecule has 0 aliphatic carbocycles. The highest BCUT2D eigenvalue weighted by atomic mass is 16.5. The summed E-state index contributed by atoms with van der Waals surface area (Å²) in [6, 6.07) is 5.76. The van der Waals surface area contributed by atoms with Crippen molar-refractivity contribution < 1.29 is 14.6 Å². The highest BCUT2D eigenvalue weighted by Gasteiger charge is 2.29. The van der Waals surface area contributed by atoms with Crippen LogP contribution in [0.5, 0.6) is 5.75 Å². The second-order valence-corrected chi connectivity index (χ2v) is 6.36. The first kappa shape index (κ1) is 15.6. The molecule has 114 valence electrons. The number of carboxylic acids is 1. The zero-order valence-electron chi connectivity index (χ0n) is 12.9. The van der Waals surface area contributed by atoms with Crippen molar-refractivity contribution in [2.45, 2.75) is 26.8 Å². The molecule has 0 radical (unpaired) electrons. The monoisotopic (exact) mass is 289 g/mol. The molecule has 1 heterocycles. The zero-order valence-corrected chi connectivity index (χ0v) is 12.9. The summed E-state index contributed by atoms with van der Waals surface area (Å²) < 4.78 is 5.28. The molecule has 1 saturated heterocycles. The maximum atomic E-state index is 10.7. The molecule has 1 N–H and O–H groups in total. The van der Waals surface area contributed by atoms with E-state index >= 15 is 0 Å². The summed E-state index contributed by atoms with van der Waals surface area (Å²) in [5.74, 6) is -0.130. The molecule has 0 saturated carbocycles. The van der Waals surface area contributed by atoms with E-state index in [1.807, 2.05) is 18.2 Å². The van der Waals surface area contributed by atoms with Gasteiger partial charge in [0.2, 0.25) is 0 Å². The first-order valence-electron chi connectivity index (χ1n) is 7.20. The van der Waals surface area contributed by atoms with Crippen molar-refractivity contribution in [1.82, 2.24) is 4.90 Å². The van der Waals surface area contributed by atoms with Gasteiger partial charge in [0, 0.05) is 19.2 Å². The van der Waals surface area contributed by atoms with Crippen molar-refractivity contribution >= 4 is 12.0 Å². The van der Waals surface area contributed by atoms with Gasteiger partial charge in [-0.1, -0.05) is 19.9 Å². The van der Waals surface area contributed by atoms with Crippen molar-refractivity contribution in [2.24, 2.45) is 5.41 Å². The number of hydrogen-bond acceptors (Lipinski definition) is 3. The van der Waals surface area contributed by atoms with Gasteiger partial charge in [-0.15, -0.1) is 0 Å². The van der Waals surface area contributed by atoms with E-state index in [4.69, 9.17) is 9.84 Å². The molecule has 0 aromatic heterocycles. The van der Waals surface area contributed by atoms with E-state index in [9.17, 15) is 4.79 Å². The molecule has 0 unspecified atom stereocenters. The Kier molecular flexibility index (Phi) is 4.68. The Morgan fingerprint density at radius 2 is 2.24 bits per heavy atom. The van der Waals surface area contributed by atoms with Crippen LogP contribution in [-0.2, 0) is 11.3 Å². The number of benzene rings is 1. The van der Waals surface area contributed by atoms with Gasteiger partial charge in [0.05, 0.1) is 7.11 Å². The van der Waals surface area contributed by atoms with E-state index in [1.165, 1.54) is 12.5 Å². The van der Waals surface area contributed by atoms with E-state index in [0.717, 1.165) is 36.5 Å². The number of carboxylic acid groups (broad SMARTS) is 1. The van der Waals surface area contributed by atoms with Gasteiger partial charge in [-0.25, -0.2) is 4.79 Å². The second-order valence-electron chi connectivity index (χ2n) is 6.36. The second kappa shape index (κ2) is 6.31. The molecule has 0 bridgehead atoms. The summed E-state index contributed by atoms with van der Waals surface area (Å²) in [5.41, 5.74) is 2.39. The zero-order chi connectivity index (χ0) is 15.5. The lowest BCUT2D eigenvalue weighted by Gasteiger charge is -2.21. The van der Waals surface area contributed by atoms with Crippen LogP contribution in [0.2, 0.25) is 0 Å². The van der Waals surface area contributed by atoms with Gasteiger partial charge in [0.25, 0.3) is 0 Å². The Morgan fingerprint density at radius 1 is 1.48 bits per heavy atom. The molecule has 1 aromatic rings. The molecular formula is C17H23NO3. The average molecular weight is 289 g/mol. The van der Waals surface area contributed by atoms with Gasteiger partial charge in [-0.2, -0.15) is 0 Å². The molecular weight excluding hydrogens is 266 g/mol. The van der Waals surface area contributed by atoms with Gasteiger partial charge in [-0.05, 0) is 47.7 Å². The number of aliphatic carboxylic acids is 1. The summed E-state index contributed by atoms with van der Waals surface area (Å²) in [7, 11) is 1.64. The molecule has 1 aromatic carbocycles. The topological polar surface area (TPSA) is 49.8 Å². The molecule has 1 aliphatic rings. The molecule has 0 amide bonds. The number of likely N-dealkylation sites (tertiary alicyclic amines) is 1. The van der Waals surface area contributed by atoms with Gasteiger partial charge >= 0.3 is 5.97 Å². The number of nitrogens with zero attached hydrogens (tertiary/aromatic N) is 1. The predicted octanol–water partition coefficient (Wildman–Crippen LogP) is 3.02. The third kappa shape index (κ3) is 4.33. The van der Waals surface area contributed by atoms with Crippen LogP contribution in [0.3, 0.4) is 0 Å². The Balaban J connectivity index is 2.21. The summed E-state index contributed by atoms with van der Waals surface area (Å²) >= 11 is 0. The van der Waals surface area contributed by atoms with Gasteiger partial charge in [-0.3, -0.25) is 4.90 Å². The lowest BCUT2D eigenvalue weighted by atomic mass is 9.93. The lowest BCUT2D eigenvalue weighted by Crippen LogP contribution is -2.23. The van der Waals surface area contributed by atoms with Gasteiger partial charge in [0.1, 0.15) is 5.75 Å². The molecule has 0 atom stereocenters. The molecule has 0 spiro atoms. The number of ether oxygens (including phenoxy) is 1. The largest absolute Gasteiger partial charge is 0.497 e. The smallest absolute Gasteiger partial charge is 0.328 e. The Bertz CT molecular complexity index is 549. The minimum absolute atomic E-state index is 0.357. The summed E-state index contributed by atoms with van der Waals surface area (Å²) in [6.07, 6.45) is 4.02.